The Morgan fingerprint density at radius 3 is 2.79 bits per heavy atom. The van der Waals surface area contributed by atoms with E-state index < -0.39 is 10.0 Å². The number of halogens is 1. The predicted octanol–water partition coefficient (Wildman–Crippen LogP) is 3.03. The zero-order chi connectivity index (χ0) is 13.9. The summed E-state index contributed by atoms with van der Waals surface area (Å²) in [6.07, 6.45) is 2.89. The Morgan fingerprint density at radius 1 is 1.32 bits per heavy atom. The number of sulfonamides is 1. The van der Waals surface area contributed by atoms with Crippen LogP contribution in [-0.4, -0.2) is 26.6 Å². The fourth-order valence-electron chi connectivity index (χ4n) is 2.44. The van der Waals surface area contributed by atoms with Gasteiger partial charge in [0.1, 0.15) is 0 Å². The SMILES string of the molecule is CC(CCl)CS(=O)(=O)N1CCCCc2ccccc21. The molecule has 5 heteroatoms. The Hall–Kier alpha value is -0.740. The van der Waals surface area contributed by atoms with Crippen LogP contribution in [0.5, 0.6) is 0 Å². The van der Waals surface area contributed by atoms with Crippen molar-refractivity contribution in [1.82, 2.24) is 0 Å². The second-order valence-corrected chi connectivity index (χ2v) is 7.44. The fourth-order valence-corrected chi connectivity index (χ4v) is 4.58. The van der Waals surface area contributed by atoms with E-state index in [0.29, 0.717) is 12.4 Å². The molecule has 0 bridgehead atoms. The third-order valence-electron chi connectivity index (χ3n) is 3.41. The summed E-state index contributed by atoms with van der Waals surface area (Å²) in [6.45, 7) is 2.45. The van der Waals surface area contributed by atoms with Gasteiger partial charge in [-0.15, -0.1) is 11.6 Å². The van der Waals surface area contributed by atoms with Crippen molar-refractivity contribution in [2.24, 2.45) is 5.92 Å². The van der Waals surface area contributed by atoms with Gasteiger partial charge in [0.2, 0.25) is 10.0 Å². The zero-order valence-electron chi connectivity index (χ0n) is 11.2. The molecule has 0 N–H and O–H groups in total. The average molecular weight is 302 g/mol. The Balaban J connectivity index is 2.34. The molecule has 0 radical (unpaired) electrons. The van der Waals surface area contributed by atoms with Gasteiger partial charge in [0, 0.05) is 12.4 Å². The van der Waals surface area contributed by atoms with E-state index in [4.69, 9.17) is 11.6 Å². The van der Waals surface area contributed by atoms with Crippen molar-refractivity contribution in [3.05, 3.63) is 29.8 Å². The molecule has 1 unspecified atom stereocenters. The second-order valence-electron chi connectivity index (χ2n) is 5.20. The van der Waals surface area contributed by atoms with Crippen molar-refractivity contribution >= 4 is 27.3 Å². The molecule has 0 saturated carbocycles. The number of anilines is 1. The summed E-state index contributed by atoms with van der Waals surface area (Å²) in [5.74, 6) is 0.460. The minimum atomic E-state index is -3.28. The summed E-state index contributed by atoms with van der Waals surface area (Å²) in [7, 11) is -3.28. The molecule has 1 aliphatic rings. The normalized spacial score (nSPS) is 17.7. The smallest absolute Gasteiger partial charge is 0.235 e. The van der Waals surface area contributed by atoms with Crippen LogP contribution in [0.3, 0.4) is 0 Å². The van der Waals surface area contributed by atoms with E-state index >= 15 is 0 Å². The van der Waals surface area contributed by atoms with Crippen molar-refractivity contribution in [2.75, 3.05) is 22.5 Å². The van der Waals surface area contributed by atoms with Crippen molar-refractivity contribution in [1.29, 1.82) is 0 Å². The van der Waals surface area contributed by atoms with Gasteiger partial charge in [0.25, 0.3) is 0 Å². The minimum Gasteiger partial charge on any atom is -0.270 e. The molecule has 0 aromatic heterocycles. The first-order valence-electron chi connectivity index (χ1n) is 6.69. The maximum atomic E-state index is 12.5. The molecule has 0 saturated heterocycles. The zero-order valence-corrected chi connectivity index (χ0v) is 12.8. The molecule has 1 aliphatic heterocycles. The van der Waals surface area contributed by atoms with Crippen molar-refractivity contribution in [3.8, 4) is 0 Å². The van der Waals surface area contributed by atoms with Crippen LogP contribution in [0.2, 0.25) is 0 Å². The summed E-state index contributed by atoms with van der Waals surface area (Å²) in [5.41, 5.74) is 1.98. The highest BCUT2D eigenvalue weighted by Crippen LogP contribution is 2.29. The Kier molecular flexibility index (Phi) is 4.74. The molecule has 0 amide bonds. The van der Waals surface area contributed by atoms with Crippen LogP contribution in [0.1, 0.15) is 25.3 Å². The standard InChI is InChI=1S/C14H20ClNO2S/c1-12(10-15)11-19(17,18)16-9-5-4-7-13-6-2-3-8-14(13)16/h2-3,6,8,12H,4-5,7,9-11H2,1H3. The lowest BCUT2D eigenvalue weighted by Crippen LogP contribution is -2.35. The molecule has 1 heterocycles. The molecule has 2 rings (SSSR count). The van der Waals surface area contributed by atoms with Crippen LogP contribution in [0.25, 0.3) is 0 Å². The topological polar surface area (TPSA) is 37.4 Å². The molecule has 0 aliphatic carbocycles. The third kappa shape index (κ3) is 3.42. The molecule has 19 heavy (non-hydrogen) atoms. The summed E-state index contributed by atoms with van der Waals surface area (Å²) in [6, 6.07) is 7.80. The third-order valence-corrected chi connectivity index (χ3v) is 5.98. The van der Waals surface area contributed by atoms with Crippen molar-refractivity contribution in [2.45, 2.75) is 26.2 Å². The van der Waals surface area contributed by atoms with Crippen LogP contribution >= 0.6 is 11.6 Å². The largest absolute Gasteiger partial charge is 0.270 e. The maximum Gasteiger partial charge on any atom is 0.235 e. The van der Waals surface area contributed by atoms with Crippen molar-refractivity contribution < 1.29 is 8.42 Å². The molecule has 106 valence electrons. The van der Waals surface area contributed by atoms with E-state index in [9.17, 15) is 8.42 Å². The number of hydrogen-bond donors (Lipinski definition) is 0. The van der Waals surface area contributed by atoms with Crippen LogP contribution in [0, 0.1) is 5.92 Å². The van der Waals surface area contributed by atoms with E-state index in [1.807, 2.05) is 31.2 Å². The Labute approximate surface area is 120 Å². The number of rotatable bonds is 4. The minimum absolute atomic E-state index is 0.0259. The molecule has 0 spiro atoms. The number of nitrogens with zero attached hydrogens (tertiary/aromatic N) is 1. The summed E-state index contributed by atoms with van der Waals surface area (Å²) < 4.78 is 26.7. The summed E-state index contributed by atoms with van der Waals surface area (Å²) in [5, 5.41) is 0. The van der Waals surface area contributed by atoms with Gasteiger partial charge in [-0.05, 0) is 36.8 Å². The first kappa shape index (κ1) is 14.7. The van der Waals surface area contributed by atoms with Gasteiger partial charge in [-0.25, -0.2) is 8.42 Å². The van der Waals surface area contributed by atoms with Gasteiger partial charge >= 0.3 is 0 Å². The van der Waals surface area contributed by atoms with Crippen molar-refractivity contribution in [3.63, 3.8) is 0 Å². The van der Waals surface area contributed by atoms with Crippen LogP contribution in [-0.2, 0) is 16.4 Å². The Morgan fingerprint density at radius 2 is 2.05 bits per heavy atom. The number of para-hydroxylation sites is 1. The first-order chi connectivity index (χ1) is 9.04. The monoisotopic (exact) mass is 301 g/mol. The second kappa shape index (κ2) is 6.14. The highest BCUT2D eigenvalue weighted by atomic mass is 35.5. The van der Waals surface area contributed by atoms with Crippen LogP contribution in [0.15, 0.2) is 24.3 Å². The van der Waals surface area contributed by atoms with Crippen LogP contribution < -0.4 is 4.31 Å². The summed E-state index contributed by atoms with van der Waals surface area (Å²) >= 11 is 5.75. The average Bonchev–Trinajstić information content (AvgIpc) is 2.60. The van der Waals surface area contributed by atoms with Gasteiger partial charge in [-0.1, -0.05) is 25.1 Å². The van der Waals surface area contributed by atoms with Gasteiger partial charge in [-0.2, -0.15) is 0 Å². The van der Waals surface area contributed by atoms with Gasteiger partial charge in [0.05, 0.1) is 11.4 Å². The van der Waals surface area contributed by atoms with E-state index in [1.54, 1.807) is 4.31 Å². The predicted molar refractivity (Wildman–Crippen MR) is 80.4 cm³/mol. The molecular formula is C14H20ClNO2S. The molecule has 3 nitrogen and oxygen atoms in total. The number of alkyl halides is 1. The lowest BCUT2D eigenvalue weighted by molar-refractivity contribution is 0.576. The molecule has 0 fully saturated rings. The Bertz CT molecular complexity index is 530. The van der Waals surface area contributed by atoms with Gasteiger partial charge in [0.15, 0.2) is 0 Å². The summed E-state index contributed by atoms with van der Waals surface area (Å²) in [4.78, 5) is 0. The molecule has 1 atom stereocenters. The fraction of sp³-hybridized carbons (Fsp3) is 0.571. The maximum absolute atomic E-state index is 12.5. The molecule has 1 aromatic carbocycles. The highest BCUT2D eigenvalue weighted by molar-refractivity contribution is 7.92. The van der Waals surface area contributed by atoms with E-state index in [2.05, 4.69) is 0 Å². The number of aryl methyl sites for hydroxylation is 1. The lowest BCUT2D eigenvalue weighted by atomic mass is 10.1. The number of hydrogen-bond acceptors (Lipinski definition) is 2. The van der Waals surface area contributed by atoms with Gasteiger partial charge in [-0.3, -0.25) is 4.31 Å². The lowest BCUT2D eigenvalue weighted by Gasteiger charge is -2.25. The highest BCUT2D eigenvalue weighted by Gasteiger charge is 2.27. The molecule has 1 aromatic rings. The van der Waals surface area contributed by atoms with Gasteiger partial charge < -0.3 is 0 Å². The van der Waals surface area contributed by atoms with E-state index in [1.165, 1.54) is 0 Å². The molecular weight excluding hydrogens is 282 g/mol. The van der Waals surface area contributed by atoms with E-state index in [0.717, 1.165) is 30.5 Å². The number of benzene rings is 1. The van der Waals surface area contributed by atoms with Crippen LogP contribution in [0.4, 0.5) is 5.69 Å². The number of fused-ring (bicyclic) bond motifs is 1. The first-order valence-corrected chi connectivity index (χ1v) is 8.83. The quantitative estimate of drug-likeness (QED) is 0.802. The van der Waals surface area contributed by atoms with E-state index in [-0.39, 0.29) is 11.7 Å².